The fraction of sp³-hybridized carbons (Fsp3) is 0.188. The topological polar surface area (TPSA) is 47.6 Å². The van der Waals surface area contributed by atoms with E-state index in [2.05, 4.69) is 5.32 Å². The predicted octanol–water partition coefficient (Wildman–Crippen LogP) is 2.28. The molecule has 0 aromatic heterocycles. The van der Waals surface area contributed by atoms with Crippen LogP contribution in [-0.4, -0.2) is 18.6 Å². The van der Waals surface area contributed by atoms with E-state index in [0.717, 1.165) is 5.56 Å². The molecule has 0 fully saturated rings. The number of hydrogen-bond acceptors (Lipinski definition) is 3. The van der Waals surface area contributed by atoms with Gasteiger partial charge in [0.25, 0.3) is 5.91 Å². The van der Waals surface area contributed by atoms with E-state index in [9.17, 15) is 9.18 Å². The van der Waals surface area contributed by atoms with Crippen LogP contribution in [-0.2, 0) is 11.3 Å². The van der Waals surface area contributed by atoms with Gasteiger partial charge in [0, 0.05) is 6.54 Å². The van der Waals surface area contributed by atoms with Crippen LogP contribution in [0.15, 0.2) is 48.5 Å². The van der Waals surface area contributed by atoms with E-state index in [-0.39, 0.29) is 18.3 Å². The van der Waals surface area contributed by atoms with Crippen LogP contribution < -0.4 is 14.8 Å². The van der Waals surface area contributed by atoms with Crippen LogP contribution in [0.4, 0.5) is 4.39 Å². The molecule has 0 spiro atoms. The zero-order chi connectivity index (χ0) is 14.7. The van der Waals surface area contributed by atoms with Gasteiger partial charge in [-0.2, -0.15) is 0 Å². The number of nitrogens with one attached hydrogen (secondary N) is 1. The molecular weight excluding hydrogens is 273 g/mol. The SMILES string of the molecule is O=C(NCc1ccc(F)cc1)[C@H]1COc2ccccc2O1. The van der Waals surface area contributed by atoms with Crippen molar-refractivity contribution in [2.45, 2.75) is 12.6 Å². The molecule has 21 heavy (non-hydrogen) atoms. The standard InChI is InChI=1S/C16H14FNO3/c17-12-7-5-11(6-8-12)9-18-16(19)15-10-20-13-3-1-2-4-14(13)21-15/h1-8,15H,9-10H2,(H,18,19)/t15-/m1/s1. The lowest BCUT2D eigenvalue weighted by Gasteiger charge is -2.25. The van der Waals surface area contributed by atoms with Gasteiger partial charge in [0.2, 0.25) is 6.10 Å². The molecule has 1 aliphatic heterocycles. The molecule has 3 rings (SSSR count). The lowest BCUT2D eigenvalue weighted by molar-refractivity contribution is -0.130. The molecule has 108 valence electrons. The average Bonchev–Trinajstić information content (AvgIpc) is 2.53. The Labute approximate surface area is 121 Å². The van der Waals surface area contributed by atoms with E-state index in [1.54, 1.807) is 24.3 Å². The quantitative estimate of drug-likeness (QED) is 0.942. The second kappa shape index (κ2) is 5.83. The minimum absolute atomic E-state index is 0.173. The van der Waals surface area contributed by atoms with Gasteiger partial charge in [0.15, 0.2) is 11.5 Å². The molecule has 2 aromatic rings. The lowest BCUT2D eigenvalue weighted by atomic mass is 10.2. The largest absolute Gasteiger partial charge is 0.485 e. The summed E-state index contributed by atoms with van der Waals surface area (Å²) in [6.45, 7) is 0.493. The zero-order valence-electron chi connectivity index (χ0n) is 11.2. The van der Waals surface area contributed by atoms with E-state index in [4.69, 9.17) is 9.47 Å². The predicted molar refractivity (Wildman–Crippen MR) is 74.6 cm³/mol. The van der Waals surface area contributed by atoms with Gasteiger partial charge in [-0.15, -0.1) is 0 Å². The molecule has 0 aliphatic carbocycles. The van der Waals surface area contributed by atoms with Crippen LogP contribution >= 0.6 is 0 Å². The van der Waals surface area contributed by atoms with Gasteiger partial charge in [-0.05, 0) is 29.8 Å². The monoisotopic (exact) mass is 287 g/mol. The molecule has 1 N–H and O–H groups in total. The lowest BCUT2D eigenvalue weighted by Crippen LogP contribution is -2.43. The molecule has 5 heteroatoms. The summed E-state index contributed by atoms with van der Waals surface area (Å²) in [7, 11) is 0. The summed E-state index contributed by atoms with van der Waals surface area (Å²) < 4.78 is 23.9. The van der Waals surface area contributed by atoms with Crippen LogP contribution in [0.1, 0.15) is 5.56 Å². The second-order valence-corrected chi connectivity index (χ2v) is 4.71. The van der Waals surface area contributed by atoms with Crippen LogP contribution in [0.25, 0.3) is 0 Å². The number of carbonyl (C=O) groups excluding carboxylic acids is 1. The van der Waals surface area contributed by atoms with Gasteiger partial charge < -0.3 is 14.8 Å². The molecule has 0 saturated heterocycles. The first kappa shape index (κ1) is 13.4. The molecule has 1 atom stereocenters. The van der Waals surface area contributed by atoms with Crippen molar-refractivity contribution in [1.82, 2.24) is 5.32 Å². The van der Waals surface area contributed by atoms with Gasteiger partial charge in [-0.3, -0.25) is 4.79 Å². The fourth-order valence-electron chi connectivity index (χ4n) is 2.05. The number of para-hydroxylation sites is 2. The molecule has 0 radical (unpaired) electrons. The summed E-state index contributed by atoms with van der Waals surface area (Å²) in [6, 6.07) is 13.2. The molecule has 1 heterocycles. The number of hydrogen-bond donors (Lipinski definition) is 1. The summed E-state index contributed by atoms with van der Waals surface area (Å²) in [5.41, 5.74) is 0.821. The summed E-state index contributed by atoms with van der Waals surface area (Å²) in [5, 5.41) is 2.75. The second-order valence-electron chi connectivity index (χ2n) is 4.71. The van der Waals surface area contributed by atoms with Crippen molar-refractivity contribution in [3.63, 3.8) is 0 Å². The minimum atomic E-state index is -0.680. The van der Waals surface area contributed by atoms with Crippen molar-refractivity contribution in [2.75, 3.05) is 6.61 Å². The first-order valence-electron chi connectivity index (χ1n) is 6.63. The number of benzene rings is 2. The Hall–Kier alpha value is -2.56. The number of halogens is 1. The smallest absolute Gasteiger partial charge is 0.264 e. The highest BCUT2D eigenvalue weighted by atomic mass is 19.1. The Morgan fingerprint density at radius 2 is 1.86 bits per heavy atom. The maximum atomic E-state index is 12.8. The fourth-order valence-corrected chi connectivity index (χ4v) is 2.05. The van der Waals surface area contributed by atoms with E-state index in [1.165, 1.54) is 12.1 Å². The van der Waals surface area contributed by atoms with Gasteiger partial charge in [0.1, 0.15) is 12.4 Å². The third-order valence-corrected chi connectivity index (χ3v) is 3.18. The van der Waals surface area contributed by atoms with Crippen LogP contribution in [0.5, 0.6) is 11.5 Å². The van der Waals surface area contributed by atoms with Crippen molar-refractivity contribution in [3.05, 3.63) is 59.9 Å². The highest BCUT2D eigenvalue weighted by Gasteiger charge is 2.26. The summed E-state index contributed by atoms with van der Waals surface area (Å²) >= 11 is 0. The number of ether oxygens (including phenoxy) is 2. The minimum Gasteiger partial charge on any atom is -0.485 e. The number of fused-ring (bicyclic) bond motifs is 1. The van der Waals surface area contributed by atoms with Crippen molar-refractivity contribution in [2.24, 2.45) is 0 Å². The van der Waals surface area contributed by atoms with Gasteiger partial charge in [-0.25, -0.2) is 4.39 Å². The maximum absolute atomic E-state index is 12.8. The zero-order valence-corrected chi connectivity index (χ0v) is 11.2. The summed E-state index contributed by atoms with van der Waals surface area (Å²) in [5.74, 6) is 0.644. The number of carbonyl (C=O) groups is 1. The first-order valence-corrected chi connectivity index (χ1v) is 6.63. The molecule has 4 nitrogen and oxygen atoms in total. The summed E-state index contributed by atoms with van der Waals surface area (Å²) in [6.07, 6.45) is -0.680. The number of rotatable bonds is 3. The number of amides is 1. The van der Waals surface area contributed by atoms with Gasteiger partial charge in [0.05, 0.1) is 0 Å². The van der Waals surface area contributed by atoms with Crippen molar-refractivity contribution < 1.29 is 18.7 Å². The molecule has 2 aromatic carbocycles. The highest BCUT2D eigenvalue weighted by Crippen LogP contribution is 2.30. The Morgan fingerprint density at radius 1 is 1.14 bits per heavy atom. The van der Waals surface area contributed by atoms with Gasteiger partial charge in [-0.1, -0.05) is 24.3 Å². The van der Waals surface area contributed by atoms with E-state index in [0.29, 0.717) is 18.0 Å². The normalized spacial score (nSPS) is 16.3. The molecule has 0 unspecified atom stereocenters. The third-order valence-electron chi connectivity index (χ3n) is 3.18. The van der Waals surface area contributed by atoms with Crippen LogP contribution in [0, 0.1) is 5.82 Å². The first-order chi connectivity index (χ1) is 10.2. The van der Waals surface area contributed by atoms with E-state index in [1.807, 2.05) is 12.1 Å². The Morgan fingerprint density at radius 3 is 2.62 bits per heavy atom. The average molecular weight is 287 g/mol. The maximum Gasteiger partial charge on any atom is 0.264 e. The van der Waals surface area contributed by atoms with Crippen molar-refractivity contribution in [3.8, 4) is 11.5 Å². The van der Waals surface area contributed by atoms with Crippen molar-refractivity contribution >= 4 is 5.91 Å². The Kier molecular flexibility index (Phi) is 3.73. The van der Waals surface area contributed by atoms with E-state index < -0.39 is 6.10 Å². The van der Waals surface area contributed by atoms with E-state index >= 15 is 0 Å². The molecule has 1 amide bonds. The van der Waals surface area contributed by atoms with Crippen LogP contribution in [0.3, 0.4) is 0 Å². The Bertz CT molecular complexity index is 642. The van der Waals surface area contributed by atoms with Crippen LogP contribution in [0.2, 0.25) is 0 Å². The third kappa shape index (κ3) is 3.13. The molecule has 1 aliphatic rings. The molecule has 0 saturated carbocycles. The highest BCUT2D eigenvalue weighted by molar-refractivity contribution is 5.81. The Balaban J connectivity index is 1.58. The van der Waals surface area contributed by atoms with Crippen molar-refractivity contribution in [1.29, 1.82) is 0 Å². The summed E-state index contributed by atoms with van der Waals surface area (Å²) in [4.78, 5) is 12.1. The molecule has 0 bridgehead atoms. The van der Waals surface area contributed by atoms with Gasteiger partial charge >= 0.3 is 0 Å². The molecular formula is C16H14FNO3.